The van der Waals surface area contributed by atoms with Crippen molar-refractivity contribution in [3.63, 3.8) is 0 Å². The van der Waals surface area contributed by atoms with Crippen LogP contribution in [0.5, 0.6) is 0 Å². The van der Waals surface area contributed by atoms with E-state index >= 15 is 0 Å². The van der Waals surface area contributed by atoms with Crippen LogP contribution in [-0.2, 0) is 17.6 Å². The maximum absolute atomic E-state index is 12.4. The van der Waals surface area contributed by atoms with Gasteiger partial charge in [-0.1, -0.05) is 30.3 Å². The van der Waals surface area contributed by atoms with Crippen molar-refractivity contribution in [2.24, 2.45) is 5.92 Å². The fourth-order valence-corrected chi connectivity index (χ4v) is 3.67. The molecule has 1 aliphatic heterocycles. The molecule has 0 bridgehead atoms. The number of rotatable bonds is 7. The summed E-state index contributed by atoms with van der Waals surface area (Å²) >= 11 is 0. The molecule has 1 aromatic heterocycles. The Labute approximate surface area is 148 Å². The monoisotopic (exact) mass is 338 g/mol. The molecule has 1 saturated carbocycles. The van der Waals surface area contributed by atoms with E-state index in [2.05, 4.69) is 39.4 Å². The van der Waals surface area contributed by atoms with Crippen molar-refractivity contribution >= 4 is 5.91 Å². The lowest BCUT2D eigenvalue weighted by atomic mass is 10.0. The number of hydrogen-bond acceptors (Lipinski definition) is 3. The standard InChI is InChI=1S/C20H26N4O/c25-19(8-4-7-15-5-2-1-3-6-15)24-12-11-16(14-24)13-18-21-20(23-22-18)17-9-10-17/h1-3,5-6,16-17H,4,7-14H2,(H,21,22,23). The van der Waals surface area contributed by atoms with Gasteiger partial charge in [0.25, 0.3) is 0 Å². The number of aryl methyl sites for hydroxylation is 1. The van der Waals surface area contributed by atoms with Crippen LogP contribution in [0.25, 0.3) is 0 Å². The van der Waals surface area contributed by atoms with Crippen LogP contribution in [-0.4, -0.2) is 39.1 Å². The van der Waals surface area contributed by atoms with E-state index in [0.717, 1.165) is 50.4 Å². The Morgan fingerprint density at radius 3 is 2.84 bits per heavy atom. The van der Waals surface area contributed by atoms with Crippen molar-refractivity contribution < 1.29 is 4.79 Å². The molecular formula is C20H26N4O. The van der Waals surface area contributed by atoms with Gasteiger partial charge in [-0.15, -0.1) is 0 Å². The smallest absolute Gasteiger partial charge is 0.222 e. The molecule has 1 unspecified atom stereocenters. The molecule has 2 fully saturated rings. The maximum Gasteiger partial charge on any atom is 0.222 e. The van der Waals surface area contributed by atoms with Crippen molar-refractivity contribution in [3.8, 4) is 0 Å². The van der Waals surface area contributed by atoms with Crippen LogP contribution < -0.4 is 0 Å². The van der Waals surface area contributed by atoms with Crippen molar-refractivity contribution in [2.75, 3.05) is 13.1 Å². The molecule has 1 N–H and O–H groups in total. The van der Waals surface area contributed by atoms with E-state index in [1.165, 1.54) is 18.4 Å². The number of hydrogen-bond donors (Lipinski definition) is 1. The van der Waals surface area contributed by atoms with Crippen molar-refractivity contribution in [1.82, 2.24) is 20.1 Å². The summed E-state index contributed by atoms with van der Waals surface area (Å²) in [5.74, 6) is 3.39. The average Bonchev–Trinajstić information content (AvgIpc) is 3.20. The number of benzene rings is 1. The number of nitrogens with one attached hydrogen (secondary N) is 1. The van der Waals surface area contributed by atoms with Gasteiger partial charge >= 0.3 is 0 Å². The van der Waals surface area contributed by atoms with Crippen LogP contribution in [0.1, 0.15) is 55.2 Å². The van der Waals surface area contributed by atoms with E-state index in [1.807, 2.05) is 11.0 Å². The summed E-state index contributed by atoms with van der Waals surface area (Å²) in [6, 6.07) is 10.4. The summed E-state index contributed by atoms with van der Waals surface area (Å²) in [6.45, 7) is 1.75. The Bertz CT molecular complexity index is 707. The van der Waals surface area contributed by atoms with Gasteiger partial charge in [0.1, 0.15) is 5.82 Å². The topological polar surface area (TPSA) is 61.9 Å². The SMILES string of the molecule is O=C(CCCc1ccccc1)N1CCC(Cc2nc(C3CC3)n[nH]2)C1. The predicted octanol–water partition coefficient (Wildman–Crippen LogP) is 3.10. The number of aromatic nitrogens is 3. The molecule has 1 aromatic carbocycles. The Morgan fingerprint density at radius 1 is 1.20 bits per heavy atom. The van der Waals surface area contributed by atoms with Gasteiger partial charge in [-0.2, -0.15) is 5.10 Å². The lowest BCUT2D eigenvalue weighted by Gasteiger charge is -2.16. The van der Waals surface area contributed by atoms with E-state index in [1.54, 1.807) is 0 Å². The number of nitrogens with zero attached hydrogens (tertiary/aromatic N) is 3. The van der Waals surface area contributed by atoms with E-state index in [9.17, 15) is 4.79 Å². The molecule has 0 radical (unpaired) electrons. The molecule has 132 valence electrons. The summed E-state index contributed by atoms with van der Waals surface area (Å²) in [5, 5.41) is 7.41. The van der Waals surface area contributed by atoms with Gasteiger partial charge in [-0.05, 0) is 43.6 Å². The molecule has 2 aliphatic rings. The third kappa shape index (κ3) is 4.27. The van der Waals surface area contributed by atoms with Crippen LogP contribution >= 0.6 is 0 Å². The lowest BCUT2D eigenvalue weighted by molar-refractivity contribution is -0.130. The molecule has 1 amide bonds. The van der Waals surface area contributed by atoms with E-state index in [-0.39, 0.29) is 0 Å². The molecule has 1 aliphatic carbocycles. The predicted molar refractivity (Wildman–Crippen MR) is 96.1 cm³/mol. The van der Waals surface area contributed by atoms with Gasteiger partial charge in [0.15, 0.2) is 5.82 Å². The summed E-state index contributed by atoms with van der Waals surface area (Å²) in [7, 11) is 0. The first-order valence-electron chi connectivity index (χ1n) is 9.51. The second-order valence-electron chi connectivity index (χ2n) is 7.45. The van der Waals surface area contributed by atoms with Crippen molar-refractivity contribution in [3.05, 3.63) is 47.5 Å². The van der Waals surface area contributed by atoms with Gasteiger partial charge in [0, 0.05) is 31.8 Å². The Hall–Kier alpha value is -2.17. The minimum atomic E-state index is 0.301. The highest BCUT2D eigenvalue weighted by Crippen LogP contribution is 2.37. The van der Waals surface area contributed by atoms with Crippen molar-refractivity contribution in [2.45, 2.75) is 50.9 Å². The zero-order valence-corrected chi connectivity index (χ0v) is 14.7. The molecular weight excluding hydrogens is 312 g/mol. The van der Waals surface area contributed by atoms with Crippen LogP contribution in [0.15, 0.2) is 30.3 Å². The number of amides is 1. The van der Waals surface area contributed by atoms with Crippen LogP contribution in [0.4, 0.5) is 0 Å². The van der Waals surface area contributed by atoms with Gasteiger partial charge in [-0.25, -0.2) is 4.98 Å². The number of aromatic amines is 1. The van der Waals surface area contributed by atoms with Crippen LogP contribution in [0.2, 0.25) is 0 Å². The van der Waals surface area contributed by atoms with Gasteiger partial charge in [-0.3, -0.25) is 9.89 Å². The van der Waals surface area contributed by atoms with E-state index < -0.39 is 0 Å². The summed E-state index contributed by atoms with van der Waals surface area (Å²) in [5.41, 5.74) is 1.31. The van der Waals surface area contributed by atoms with Crippen molar-refractivity contribution in [1.29, 1.82) is 0 Å². The summed E-state index contributed by atoms with van der Waals surface area (Å²) < 4.78 is 0. The summed E-state index contributed by atoms with van der Waals surface area (Å²) in [4.78, 5) is 19.1. The Balaban J connectivity index is 1.20. The second kappa shape index (κ2) is 7.38. The molecule has 0 spiro atoms. The molecule has 5 heteroatoms. The van der Waals surface area contributed by atoms with Gasteiger partial charge in [0.2, 0.25) is 5.91 Å². The minimum absolute atomic E-state index is 0.301. The van der Waals surface area contributed by atoms with Crippen LogP contribution in [0, 0.1) is 5.92 Å². The normalized spacial score (nSPS) is 20.2. The average molecular weight is 338 g/mol. The quantitative estimate of drug-likeness (QED) is 0.844. The third-order valence-electron chi connectivity index (χ3n) is 5.31. The van der Waals surface area contributed by atoms with E-state index in [4.69, 9.17) is 0 Å². The highest BCUT2D eigenvalue weighted by molar-refractivity contribution is 5.76. The molecule has 2 aromatic rings. The second-order valence-corrected chi connectivity index (χ2v) is 7.45. The third-order valence-corrected chi connectivity index (χ3v) is 5.31. The lowest BCUT2D eigenvalue weighted by Crippen LogP contribution is -2.28. The van der Waals surface area contributed by atoms with E-state index in [0.29, 0.717) is 24.2 Å². The number of likely N-dealkylation sites (tertiary alicyclic amines) is 1. The highest BCUT2D eigenvalue weighted by Gasteiger charge is 2.30. The number of H-pyrrole nitrogens is 1. The molecule has 1 atom stereocenters. The maximum atomic E-state index is 12.4. The van der Waals surface area contributed by atoms with Crippen LogP contribution in [0.3, 0.4) is 0 Å². The molecule has 25 heavy (non-hydrogen) atoms. The molecule has 2 heterocycles. The molecule has 4 rings (SSSR count). The largest absolute Gasteiger partial charge is 0.342 e. The van der Waals surface area contributed by atoms with Gasteiger partial charge in [0.05, 0.1) is 0 Å². The first kappa shape index (κ1) is 16.3. The first-order chi connectivity index (χ1) is 12.3. The zero-order chi connectivity index (χ0) is 17.1. The number of carbonyl (C=O) groups is 1. The fraction of sp³-hybridized carbons (Fsp3) is 0.550. The Kier molecular flexibility index (Phi) is 4.81. The minimum Gasteiger partial charge on any atom is -0.342 e. The van der Waals surface area contributed by atoms with Gasteiger partial charge < -0.3 is 4.90 Å². The molecule has 1 saturated heterocycles. The molecule has 5 nitrogen and oxygen atoms in total. The Morgan fingerprint density at radius 2 is 2.04 bits per heavy atom. The number of carbonyl (C=O) groups excluding carboxylic acids is 1. The summed E-state index contributed by atoms with van der Waals surface area (Å²) in [6.07, 6.45) is 6.99. The highest BCUT2D eigenvalue weighted by atomic mass is 16.2. The first-order valence-corrected chi connectivity index (χ1v) is 9.51. The fourth-order valence-electron chi connectivity index (χ4n) is 3.67. The zero-order valence-electron chi connectivity index (χ0n) is 14.7.